The topological polar surface area (TPSA) is 72.8 Å². The molecule has 104 valence electrons. The Morgan fingerprint density at radius 1 is 1.42 bits per heavy atom. The molecule has 1 N–H and O–H groups in total. The maximum Gasteiger partial charge on any atom is 0.297 e. The zero-order valence-electron chi connectivity index (χ0n) is 10.5. The molecule has 2 atom stereocenters. The van der Waals surface area contributed by atoms with E-state index < -0.39 is 22.3 Å². The lowest BCUT2D eigenvalue weighted by atomic mass is 10.2. The minimum Gasteiger partial charge on any atom is -0.388 e. The van der Waals surface area contributed by atoms with Crippen molar-refractivity contribution in [3.05, 3.63) is 42.0 Å². The van der Waals surface area contributed by atoms with Crippen molar-refractivity contribution in [1.82, 2.24) is 0 Å². The molecule has 0 aliphatic carbocycles. The van der Waals surface area contributed by atoms with Crippen LogP contribution in [0.15, 0.2) is 41.3 Å². The van der Waals surface area contributed by atoms with Crippen LogP contribution >= 0.6 is 0 Å². The van der Waals surface area contributed by atoms with Crippen LogP contribution in [0.25, 0.3) is 0 Å². The van der Waals surface area contributed by atoms with E-state index in [0.29, 0.717) is 6.61 Å². The van der Waals surface area contributed by atoms with Gasteiger partial charge in [-0.1, -0.05) is 29.8 Å². The third kappa shape index (κ3) is 3.63. The van der Waals surface area contributed by atoms with Crippen LogP contribution in [0.4, 0.5) is 0 Å². The first-order valence-corrected chi connectivity index (χ1v) is 7.32. The Morgan fingerprint density at radius 2 is 2.11 bits per heavy atom. The molecule has 0 fully saturated rings. The molecule has 19 heavy (non-hydrogen) atoms. The Labute approximate surface area is 112 Å². The van der Waals surface area contributed by atoms with E-state index in [1.165, 1.54) is 12.1 Å². The average Bonchev–Trinajstić information content (AvgIpc) is 2.90. The van der Waals surface area contributed by atoms with Gasteiger partial charge >= 0.3 is 0 Å². The third-order valence-corrected chi connectivity index (χ3v) is 4.09. The van der Waals surface area contributed by atoms with Crippen molar-refractivity contribution in [2.75, 3.05) is 13.2 Å². The van der Waals surface area contributed by atoms with Crippen molar-refractivity contribution < 1.29 is 22.4 Å². The van der Waals surface area contributed by atoms with Gasteiger partial charge in [0, 0.05) is 0 Å². The molecule has 0 saturated carbocycles. The van der Waals surface area contributed by atoms with E-state index in [-0.39, 0.29) is 11.5 Å². The van der Waals surface area contributed by atoms with E-state index in [1.807, 2.05) is 6.92 Å². The molecule has 5 nitrogen and oxygen atoms in total. The minimum absolute atomic E-state index is 0.0770. The van der Waals surface area contributed by atoms with Gasteiger partial charge in [0.1, 0.15) is 12.2 Å². The van der Waals surface area contributed by atoms with E-state index in [9.17, 15) is 13.5 Å². The minimum atomic E-state index is -3.84. The second-order valence-electron chi connectivity index (χ2n) is 4.35. The normalized spacial score (nSPS) is 20.6. The number of ether oxygens (including phenoxy) is 1. The molecule has 1 aromatic rings. The summed E-state index contributed by atoms with van der Waals surface area (Å²) in [5.74, 6) is 0. The van der Waals surface area contributed by atoms with Gasteiger partial charge in [0.15, 0.2) is 0 Å². The average molecular weight is 284 g/mol. The summed E-state index contributed by atoms with van der Waals surface area (Å²) in [5, 5.41) is 9.74. The quantitative estimate of drug-likeness (QED) is 0.645. The molecular weight excluding hydrogens is 268 g/mol. The fraction of sp³-hybridized carbons (Fsp3) is 0.385. The number of aliphatic hydroxyl groups is 1. The summed E-state index contributed by atoms with van der Waals surface area (Å²) >= 11 is 0. The lowest BCUT2D eigenvalue weighted by Crippen LogP contribution is -2.30. The summed E-state index contributed by atoms with van der Waals surface area (Å²) in [7, 11) is -3.84. The van der Waals surface area contributed by atoms with Crippen LogP contribution in [-0.4, -0.2) is 38.9 Å². The molecule has 1 aliphatic rings. The highest BCUT2D eigenvalue weighted by Gasteiger charge is 2.23. The van der Waals surface area contributed by atoms with Gasteiger partial charge < -0.3 is 9.84 Å². The molecule has 0 aromatic heterocycles. The highest BCUT2D eigenvalue weighted by molar-refractivity contribution is 7.86. The van der Waals surface area contributed by atoms with Crippen molar-refractivity contribution in [3.63, 3.8) is 0 Å². The van der Waals surface area contributed by atoms with Crippen LogP contribution < -0.4 is 0 Å². The number of aliphatic hydroxyl groups excluding tert-OH is 1. The third-order valence-electron chi connectivity index (χ3n) is 2.79. The first-order chi connectivity index (χ1) is 8.99. The maximum absolute atomic E-state index is 11.9. The first kappa shape index (κ1) is 14.2. The van der Waals surface area contributed by atoms with Gasteiger partial charge in [-0.2, -0.15) is 8.42 Å². The Bertz CT molecular complexity index is 547. The van der Waals surface area contributed by atoms with Crippen molar-refractivity contribution >= 4 is 10.1 Å². The fourth-order valence-corrected chi connectivity index (χ4v) is 2.60. The SMILES string of the molecule is Cc1ccc(S(=O)(=O)OC[C@@H](O)[C@@H]2C=CCO2)cc1. The van der Waals surface area contributed by atoms with Crippen LogP contribution in [0, 0.1) is 6.92 Å². The first-order valence-electron chi connectivity index (χ1n) is 5.91. The van der Waals surface area contributed by atoms with Crippen molar-refractivity contribution in [1.29, 1.82) is 0 Å². The van der Waals surface area contributed by atoms with E-state index in [0.717, 1.165) is 5.56 Å². The second kappa shape index (κ2) is 5.83. The van der Waals surface area contributed by atoms with Crippen LogP contribution in [0.3, 0.4) is 0 Å². The summed E-state index contributed by atoms with van der Waals surface area (Å²) in [4.78, 5) is 0.0770. The molecule has 1 heterocycles. The van der Waals surface area contributed by atoms with E-state index in [4.69, 9.17) is 8.92 Å². The van der Waals surface area contributed by atoms with E-state index in [1.54, 1.807) is 24.3 Å². The lowest BCUT2D eigenvalue weighted by Gasteiger charge is -2.16. The van der Waals surface area contributed by atoms with Gasteiger partial charge in [0.05, 0.1) is 18.1 Å². The molecule has 0 unspecified atom stereocenters. The monoisotopic (exact) mass is 284 g/mol. The Balaban J connectivity index is 1.97. The van der Waals surface area contributed by atoms with Gasteiger partial charge in [-0.25, -0.2) is 0 Å². The molecule has 2 rings (SSSR count). The zero-order valence-corrected chi connectivity index (χ0v) is 11.3. The Hall–Kier alpha value is -1.21. The predicted molar refractivity (Wildman–Crippen MR) is 69.2 cm³/mol. The zero-order chi connectivity index (χ0) is 13.9. The molecule has 0 radical (unpaired) electrons. The smallest absolute Gasteiger partial charge is 0.297 e. The van der Waals surface area contributed by atoms with Gasteiger partial charge in [-0.05, 0) is 19.1 Å². The molecule has 1 aromatic carbocycles. The van der Waals surface area contributed by atoms with Crippen LogP contribution in [0.1, 0.15) is 5.56 Å². The summed E-state index contributed by atoms with van der Waals surface area (Å²) in [6, 6.07) is 6.33. The molecule has 0 amide bonds. The molecule has 0 spiro atoms. The number of hydrogen-bond donors (Lipinski definition) is 1. The molecule has 1 aliphatic heterocycles. The maximum atomic E-state index is 11.9. The Kier molecular flexibility index (Phi) is 4.36. The number of hydrogen-bond acceptors (Lipinski definition) is 5. The van der Waals surface area contributed by atoms with Crippen LogP contribution in [-0.2, 0) is 19.0 Å². The van der Waals surface area contributed by atoms with Crippen molar-refractivity contribution in [2.24, 2.45) is 0 Å². The predicted octanol–water partition coefficient (Wildman–Crippen LogP) is 1.02. The Morgan fingerprint density at radius 3 is 2.68 bits per heavy atom. The number of rotatable bonds is 5. The van der Waals surface area contributed by atoms with Crippen molar-refractivity contribution in [2.45, 2.75) is 24.0 Å². The van der Waals surface area contributed by atoms with Crippen LogP contribution in [0.5, 0.6) is 0 Å². The highest BCUT2D eigenvalue weighted by atomic mass is 32.2. The largest absolute Gasteiger partial charge is 0.388 e. The van der Waals surface area contributed by atoms with E-state index in [2.05, 4.69) is 0 Å². The summed E-state index contributed by atoms with van der Waals surface area (Å²) in [6.07, 6.45) is 1.95. The lowest BCUT2D eigenvalue weighted by molar-refractivity contribution is -0.00871. The molecule has 0 bridgehead atoms. The molecule has 6 heteroatoms. The molecular formula is C13H16O5S. The standard InChI is InChI=1S/C13H16O5S/c1-10-4-6-11(7-5-10)19(15,16)18-9-12(14)13-3-2-8-17-13/h2-7,12-14H,8-9H2,1H3/t12-,13+/m1/s1. The summed E-state index contributed by atoms with van der Waals surface area (Å²) in [6.45, 7) is 1.96. The summed E-state index contributed by atoms with van der Waals surface area (Å²) < 4.78 is 33.7. The number of benzene rings is 1. The van der Waals surface area contributed by atoms with E-state index >= 15 is 0 Å². The fourth-order valence-electron chi connectivity index (χ4n) is 1.68. The second-order valence-corrected chi connectivity index (χ2v) is 5.96. The van der Waals surface area contributed by atoms with Crippen LogP contribution in [0.2, 0.25) is 0 Å². The summed E-state index contributed by atoms with van der Waals surface area (Å²) in [5.41, 5.74) is 0.962. The van der Waals surface area contributed by atoms with Crippen molar-refractivity contribution in [3.8, 4) is 0 Å². The molecule has 0 saturated heterocycles. The van der Waals surface area contributed by atoms with Gasteiger partial charge in [0.2, 0.25) is 0 Å². The highest BCUT2D eigenvalue weighted by Crippen LogP contribution is 2.15. The van der Waals surface area contributed by atoms with Gasteiger partial charge in [-0.3, -0.25) is 4.18 Å². The number of aryl methyl sites for hydroxylation is 1. The van der Waals surface area contributed by atoms with Gasteiger partial charge in [0.25, 0.3) is 10.1 Å². The van der Waals surface area contributed by atoms with Gasteiger partial charge in [-0.15, -0.1) is 0 Å².